The Morgan fingerprint density at radius 3 is 2.71 bits per heavy atom. The van der Waals surface area contributed by atoms with Crippen LogP contribution in [-0.2, 0) is 9.53 Å². The molecule has 0 saturated carbocycles. The number of hydrogen-bond donors (Lipinski definition) is 4. The number of aliphatic hydroxyl groups excluding tert-OH is 1. The molecule has 8 N–H and O–H groups in total. The molecule has 0 bridgehead atoms. The van der Waals surface area contributed by atoms with Crippen LogP contribution >= 0.6 is 0 Å². The van der Waals surface area contributed by atoms with Gasteiger partial charge in [0.15, 0.2) is 23.8 Å². The Balaban J connectivity index is 0.00000161. The second-order valence-corrected chi connectivity index (χ2v) is 4.44. The van der Waals surface area contributed by atoms with Crippen LogP contribution in [0.4, 0.5) is 5.82 Å². The summed E-state index contributed by atoms with van der Waals surface area (Å²) < 4.78 is 6.68. The topological polar surface area (TPSA) is 194 Å². The lowest BCUT2D eigenvalue weighted by atomic mass is 10.1. The zero-order chi connectivity index (χ0) is 14.4. The van der Waals surface area contributed by atoms with Gasteiger partial charge in [0.2, 0.25) is 0 Å². The Labute approximate surface area is 117 Å². The average Bonchev–Trinajstić information content (AvgIpc) is 2.94. The molecule has 2 aromatic heterocycles. The normalized spacial score (nSPS) is 28.5. The number of rotatable bonds is 2. The number of fused-ring (bicyclic) bond motifs is 1. The second kappa shape index (κ2) is 5.21. The van der Waals surface area contributed by atoms with Gasteiger partial charge < -0.3 is 31.9 Å². The molecule has 3 heterocycles. The van der Waals surface area contributed by atoms with Gasteiger partial charge in [0.1, 0.15) is 17.9 Å². The summed E-state index contributed by atoms with van der Waals surface area (Å²) in [5.41, 5.74) is 12.0. The first kappa shape index (κ1) is 15.1. The van der Waals surface area contributed by atoms with Crippen LogP contribution in [0.15, 0.2) is 12.7 Å². The average molecular weight is 298 g/mol. The van der Waals surface area contributed by atoms with Crippen molar-refractivity contribution in [3.8, 4) is 0 Å². The number of aromatic nitrogens is 4. The Hall–Kier alpha value is -2.34. The van der Waals surface area contributed by atoms with E-state index in [9.17, 15) is 9.90 Å². The smallest absolute Gasteiger partial charge is 0.334 e. The van der Waals surface area contributed by atoms with E-state index in [1.165, 1.54) is 17.2 Å². The van der Waals surface area contributed by atoms with Gasteiger partial charge in [-0.1, -0.05) is 0 Å². The van der Waals surface area contributed by atoms with Crippen LogP contribution in [0.1, 0.15) is 6.23 Å². The first-order valence-electron chi connectivity index (χ1n) is 5.75. The van der Waals surface area contributed by atoms with Crippen molar-refractivity contribution in [2.45, 2.75) is 24.5 Å². The minimum Gasteiger partial charge on any atom is -0.479 e. The maximum atomic E-state index is 11.0. The fraction of sp³-hybridized carbons (Fsp3) is 0.400. The van der Waals surface area contributed by atoms with Crippen LogP contribution in [0.25, 0.3) is 11.2 Å². The number of aliphatic hydroxyl groups is 1. The lowest BCUT2D eigenvalue weighted by Gasteiger charge is -2.16. The summed E-state index contributed by atoms with van der Waals surface area (Å²) in [6.45, 7) is 0. The van der Waals surface area contributed by atoms with Gasteiger partial charge in [-0.15, -0.1) is 0 Å². The molecular formula is C10H14N6O5. The molecule has 0 spiro atoms. The number of imidazole rings is 1. The molecule has 3 rings (SSSR count). The summed E-state index contributed by atoms with van der Waals surface area (Å²) in [6.07, 6.45) is -0.909. The van der Waals surface area contributed by atoms with E-state index in [1.807, 2.05) is 0 Å². The van der Waals surface area contributed by atoms with Crippen molar-refractivity contribution in [3.63, 3.8) is 0 Å². The lowest BCUT2D eigenvalue weighted by molar-refractivity contribution is -0.152. The third-order valence-corrected chi connectivity index (χ3v) is 3.23. The van der Waals surface area contributed by atoms with E-state index in [0.717, 1.165) is 0 Å². The number of aliphatic carboxylic acids is 1. The monoisotopic (exact) mass is 298 g/mol. The fourth-order valence-corrected chi connectivity index (χ4v) is 2.20. The second-order valence-electron chi connectivity index (χ2n) is 4.44. The molecule has 1 saturated heterocycles. The van der Waals surface area contributed by atoms with Gasteiger partial charge in [-0.05, 0) is 0 Å². The van der Waals surface area contributed by atoms with Gasteiger partial charge in [-0.2, -0.15) is 0 Å². The maximum absolute atomic E-state index is 11.0. The van der Waals surface area contributed by atoms with Crippen molar-refractivity contribution in [3.05, 3.63) is 12.7 Å². The minimum atomic E-state index is -1.30. The highest BCUT2D eigenvalue weighted by Gasteiger charge is 2.46. The van der Waals surface area contributed by atoms with E-state index in [1.54, 1.807) is 0 Å². The molecule has 114 valence electrons. The number of carbonyl (C=O) groups is 1. The third kappa shape index (κ3) is 2.17. The van der Waals surface area contributed by atoms with Crippen LogP contribution in [0.3, 0.4) is 0 Å². The number of carboxylic acid groups (broad SMARTS) is 1. The zero-order valence-electron chi connectivity index (χ0n) is 10.6. The number of nitrogen functional groups attached to an aromatic ring is 1. The summed E-state index contributed by atoms with van der Waals surface area (Å²) in [5, 5.41) is 19.0. The number of hydrogen-bond acceptors (Lipinski definition) is 8. The van der Waals surface area contributed by atoms with Crippen molar-refractivity contribution < 1.29 is 25.2 Å². The first-order valence-corrected chi connectivity index (χ1v) is 5.75. The number of carboxylic acids is 1. The molecule has 4 atom stereocenters. The maximum Gasteiger partial charge on any atom is 0.334 e. The molecule has 1 aliphatic rings. The molecule has 11 nitrogen and oxygen atoms in total. The molecule has 1 fully saturated rings. The predicted octanol–water partition coefficient (Wildman–Crippen LogP) is -2.75. The van der Waals surface area contributed by atoms with E-state index in [2.05, 4.69) is 15.0 Å². The molecule has 0 radical (unpaired) electrons. The number of ether oxygens (including phenoxy) is 1. The fourth-order valence-electron chi connectivity index (χ4n) is 2.20. The predicted molar refractivity (Wildman–Crippen MR) is 68.9 cm³/mol. The van der Waals surface area contributed by atoms with E-state index in [0.29, 0.717) is 11.2 Å². The molecule has 0 aromatic carbocycles. The molecule has 2 aromatic rings. The van der Waals surface area contributed by atoms with Crippen molar-refractivity contribution in [1.29, 1.82) is 0 Å². The van der Waals surface area contributed by atoms with Crippen LogP contribution < -0.4 is 11.5 Å². The SMILES string of the molecule is Nc1ncnc2c1ncn2[C@H]1O[C@H](C(=O)O)[C@@H](N)[C@H]1O.O. The summed E-state index contributed by atoms with van der Waals surface area (Å²) in [6, 6.07) is -1.05. The van der Waals surface area contributed by atoms with E-state index in [4.69, 9.17) is 21.3 Å². The first-order chi connectivity index (χ1) is 9.50. The molecule has 0 unspecified atom stereocenters. The van der Waals surface area contributed by atoms with Gasteiger partial charge in [0.25, 0.3) is 0 Å². The standard InChI is InChI=1S/C10H12N6O4.H2O/c11-3-5(17)9(20-6(3)10(18)19)16-2-15-4-7(12)13-1-14-8(4)16;/h1-3,5-6,9,17H,11H2,(H,18,19)(H2,12,13,14);1H2/t3-,5+,6-,9-;/m0./s1. The molecule has 0 aliphatic carbocycles. The van der Waals surface area contributed by atoms with Gasteiger partial charge in [-0.25, -0.2) is 19.7 Å². The third-order valence-electron chi connectivity index (χ3n) is 3.23. The minimum absolute atomic E-state index is 0. The van der Waals surface area contributed by atoms with E-state index >= 15 is 0 Å². The highest BCUT2D eigenvalue weighted by molar-refractivity contribution is 5.81. The Bertz CT molecular complexity index is 675. The van der Waals surface area contributed by atoms with Crippen molar-refractivity contribution in [2.75, 3.05) is 5.73 Å². The highest BCUT2D eigenvalue weighted by Crippen LogP contribution is 2.31. The van der Waals surface area contributed by atoms with Crippen LogP contribution in [0.2, 0.25) is 0 Å². The Kier molecular flexibility index (Phi) is 3.74. The van der Waals surface area contributed by atoms with Gasteiger partial charge in [-0.3, -0.25) is 4.57 Å². The largest absolute Gasteiger partial charge is 0.479 e. The summed E-state index contributed by atoms with van der Waals surface area (Å²) in [5.74, 6) is -1.06. The Morgan fingerprint density at radius 2 is 2.10 bits per heavy atom. The van der Waals surface area contributed by atoms with Gasteiger partial charge >= 0.3 is 5.97 Å². The van der Waals surface area contributed by atoms with Crippen LogP contribution in [0.5, 0.6) is 0 Å². The van der Waals surface area contributed by atoms with Gasteiger partial charge in [0.05, 0.1) is 12.4 Å². The van der Waals surface area contributed by atoms with Crippen molar-refractivity contribution in [1.82, 2.24) is 19.5 Å². The van der Waals surface area contributed by atoms with Gasteiger partial charge in [0, 0.05) is 0 Å². The summed E-state index contributed by atoms with van der Waals surface area (Å²) in [4.78, 5) is 22.8. The number of anilines is 1. The highest BCUT2D eigenvalue weighted by atomic mass is 16.6. The molecule has 0 amide bonds. The molecule has 1 aliphatic heterocycles. The summed E-state index contributed by atoms with van der Waals surface area (Å²) >= 11 is 0. The summed E-state index contributed by atoms with van der Waals surface area (Å²) in [7, 11) is 0. The lowest BCUT2D eigenvalue weighted by Crippen LogP contribution is -2.43. The van der Waals surface area contributed by atoms with E-state index in [-0.39, 0.29) is 11.3 Å². The number of nitrogens with zero attached hydrogens (tertiary/aromatic N) is 4. The Morgan fingerprint density at radius 1 is 1.38 bits per heavy atom. The molecule has 11 heteroatoms. The van der Waals surface area contributed by atoms with Crippen LogP contribution in [-0.4, -0.2) is 59.4 Å². The zero-order valence-corrected chi connectivity index (χ0v) is 10.6. The quantitative estimate of drug-likeness (QED) is 0.454. The molecule has 21 heavy (non-hydrogen) atoms. The number of nitrogens with two attached hydrogens (primary N) is 2. The van der Waals surface area contributed by atoms with E-state index < -0.39 is 30.4 Å². The van der Waals surface area contributed by atoms with Crippen molar-refractivity contribution >= 4 is 23.0 Å². The van der Waals surface area contributed by atoms with Crippen molar-refractivity contribution in [2.24, 2.45) is 5.73 Å². The van der Waals surface area contributed by atoms with Crippen LogP contribution in [0, 0.1) is 0 Å². The molecular weight excluding hydrogens is 284 g/mol.